The maximum Gasteiger partial charge on any atom is 0.261 e. The number of nitrogens with zero attached hydrogens (tertiary/aromatic N) is 1. The molecule has 5 rings (SSSR count). The molecule has 7 heteroatoms. The third-order valence-electron chi connectivity index (χ3n) is 5.88. The third-order valence-corrected chi connectivity index (χ3v) is 5.88. The normalized spacial score (nSPS) is 18.6. The first-order valence-electron chi connectivity index (χ1n) is 10.3. The van der Waals surface area contributed by atoms with E-state index in [4.69, 9.17) is 9.47 Å². The molecule has 1 fully saturated rings. The minimum absolute atomic E-state index is 0.0177. The van der Waals surface area contributed by atoms with Gasteiger partial charge in [0.15, 0.2) is 11.5 Å². The molecular formula is C23H22N2O5. The molecule has 0 bridgehead atoms. The van der Waals surface area contributed by atoms with Crippen LogP contribution in [0.25, 0.3) is 0 Å². The summed E-state index contributed by atoms with van der Waals surface area (Å²) in [6, 6.07) is 12.0. The number of fused-ring (bicyclic) bond motifs is 2. The van der Waals surface area contributed by atoms with Crippen LogP contribution in [0.15, 0.2) is 42.5 Å². The molecule has 0 aromatic heterocycles. The van der Waals surface area contributed by atoms with Gasteiger partial charge in [-0.05, 0) is 37.1 Å². The lowest BCUT2D eigenvalue weighted by Crippen LogP contribution is -2.40. The molecule has 2 aromatic carbocycles. The SMILES string of the molecule is O=C(CCN1C(=O)c2ccccc2C1=O)Nc1ccc2c(c1)OC1(CCCCC1)O2. The van der Waals surface area contributed by atoms with Crippen LogP contribution >= 0.6 is 0 Å². The highest BCUT2D eigenvalue weighted by Crippen LogP contribution is 2.46. The predicted molar refractivity (Wildman–Crippen MR) is 109 cm³/mol. The van der Waals surface area contributed by atoms with Gasteiger partial charge in [0.2, 0.25) is 5.91 Å². The van der Waals surface area contributed by atoms with E-state index >= 15 is 0 Å². The van der Waals surface area contributed by atoms with E-state index in [1.54, 1.807) is 42.5 Å². The Morgan fingerprint density at radius 3 is 2.30 bits per heavy atom. The second-order valence-electron chi connectivity index (χ2n) is 7.94. The number of rotatable bonds is 4. The smallest absolute Gasteiger partial charge is 0.261 e. The monoisotopic (exact) mass is 406 g/mol. The molecule has 1 spiro atoms. The molecule has 154 valence electrons. The zero-order chi connectivity index (χ0) is 20.7. The predicted octanol–water partition coefficient (Wildman–Crippen LogP) is 3.74. The summed E-state index contributed by atoms with van der Waals surface area (Å²) in [5, 5.41) is 2.81. The number of anilines is 1. The summed E-state index contributed by atoms with van der Waals surface area (Å²) in [4.78, 5) is 38.3. The molecule has 2 aliphatic heterocycles. The Kier molecular flexibility index (Phi) is 4.46. The van der Waals surface area contributed by atoms with Crippen LogP contribution in [0.1, 0.15) is 59.2 Å². The van der Waals surface area contributed by atoms with Crippen LogP contribution in [0.5, 0.6) is 11.5 Å². The summed E-state index contributed by atoms with van der Waals surface area (Å²) in [5.74, 6) is -0.225. The lowest BCUT2D eigenvalue weighted by Gasteiger charge is -2.31. The van der Waals surface area contributed by atoms with Gasteiger partial charge in [-0.2, -0.15) is 0 Å². The number of hydrogen-bond acceptors (Lipinski definition) is 5. The molecule has 0 unspecified atom stereocenters. The topological polar surface area (TPSA) is 84.9 Å². The Morgan fingerprint density at radius 2 is 1.60 bits per heavy atom. The third kappa shape index (κ3) is 3.20. The van der Waals surface area contributed by atoms with Crippen molar-refractivity contribution in [2.75, 3.05) is 11.9 Å². The van der Waals surface area contributed by atoms with E-state index in [1.807, 2.05) is 0 Å². The molecular weight excluding hydrogens is 384 g/mol. The van der Waals surface area contributed by atoms with Gasteiger partial charge in [0.05, 0.1) is 11.1 Å². The molecule has 2 heterocycles. The van der Waals surface area contributed by atoms with Crippen molar-refractivity contribution >= 4 is 23.4 Å². The van der Waals surface area contributed by atoms with Crippen molar-refractivity contribution in [1.29, 1.82) is 0 Å². The van der Waals surface area contributed by atoms with Crippen LogP contribution in [0, 0.1) is 0 Å². The second kappa shape index (κ2) is 7.16. The maximum atomic E-state index is 12.4. The number of carbonyl (C=O) groups is 3. The second-order valence-corrected chi connectivity index (χ2v) is 7.94. The summed E-state index contributed by atoms with van der Waals surface area (Å²) < 4.78 is 12.1. The Hall–Kier alpha value is -3.35. The zero-order valence-electron chi connectivity index (χ0n) is 16.5. The number of amides is 3. The Bertz CT molecular complexity index is 1010. The number of nitrogens with one attached hydrogen (secondary N) is 1. The van der Waals surface area contributed by atoms with Crippen molar-refractivity contribution in [2.45, 2.75) is 44.3 Å². The van der Waals surface area contributed by atoms with Crippen molar-refractivity contribution < 1.29 is 23.9 Å². The van der Waals surface area contributed by atoms with Gasteiger partial charge >= 0.3 is 0 Å². The molecule has 1 N–H and O–H groups in total. The number of benzene rings is 2. The molecule has 3 amide bonds. The first kappa shape index (κ1) is 18.7. The fourth-order valence-corrected chi connectivity index (χ4v) is 4.35. The standard InChI is InChI=1S/C23H22N2O5/c26-20(10-13-25-21(27)16-6-2-3-7-17(16)22(25)28)24-15-8-9-18-19(14-15)30-23(29-18)11-4-1-5-12-23/h2-3,6-9,14H,1,4-5,10-13H2,(H,24,26). The van der Waals surface area contributed by atoms with Gasteiger partial charge in [0.25, 0.3) is 17.6 Å². The van der Waals surface area contributed by atoms with Crippen LogP contribution in [0.2, 0.25) is 0 Å². The molecule has 2 aromatic rings. The Labute approximate surface area is 174 Å². The van der Waals surface area contributed by atoms with E-state index in [9.17, 15) is 14.4 Å². The Balaban J connectivity index is 1.20. The van der Waals surface area contributed by atoms with Crippen LogP contribution in [0.3, 0.4) is 0 Å². The zero-order valence-corrected chi connectivity index (χ0v) is 16.5. The van der Waals surface area contributed by atoms with Gasteiger partial charge in [-0.15, -0.1) is 0 Å². The van der Waals surface area contributed by atoms with Crippen LogP contribution in [-0.2, 0) is 4.79 Å². The van der Waals surface area contributed by atoms with E-state index in [0.717, 1.165) is 30.6 Å². The van der Waals surface area contributed by atoms with Crippen molar-refractivity contribution in [3.63, 3.8) is 0 Å². The van der Waals surface area contributed by atoms with E-state index in [0.29, 0.717) is 28.3 Å². The highest BCUT2D eigenvalue weighted by molar-refractivity contribution is 6.21. The van der Waals surface area contributed by atoms with Gasteiger partial charge in [0, 0.05) is 37.6 Å². The van der Waals surface area contributed by atoms with Crippen LogP contribution in [0.4, 0.5) is 5.69 Å². The first-order chi connectivity index (χ1) is 14.5. The maximum absolute atomic E-state index is 12.4. The molecule has 0 atom stereocenters. The quantitative estimate of drug-likeness (QED) is 0.782. The number of carbonyl (C=O) groups excluding carboxylic acids is 3. The summed E-state index contributed by atoms with van der Waals surface area (Å²) in [6.45, 7) is 0.0336. The van der Waals surface area contributed by atoms with E-state index in [2.05, 4.69) is 5.32 Å². The van der Waals surface area contributed by atoms with Crippen molar-refractivity contribution in [3.05, 3.63) is 53.6 Å². The van der Waals surface area contributed by atoms with E-state index in [-0.39, 0.29) is 30.7 Å². The van der Waals surface area contributed by atoms with Crippen LogP contribution < -0.4 is 14.8 Å². The molecule has 0 radical (unpaired) electrons. The lowest BCUT2D eigenvalue weighted by molar-refractivity contribution is -0.116. The molecule has 3 aliphatic rings. The van der Waals surface area contributed by atoms with Gasteiger partial charge in [-0.3, -0.25) is 19.3 Å². The number of imide groups is 1. The average molecular weight is 406 g/mol. The van der Waals surface area contributed by atoms with E-state index < -0.39 is 5.79 Å². The molecule has 7 nitrogen and oxygen atoms in total. The van der Waals surface area contributed by atoms with Gasteiger partial charge in [-0.25, -0.2) is 0 Å². The van der Waals surface area contributed by atoms with Gasteiger partial charge < -0.3 is 14.8 Å². The summed E-state index contributed by atoms with van der Waals surface area (Å²) in [6.07, 6.45) is 5.10. The molecule has 1 saturated carbocycles. The molecule has 0 saturated heterocycles. The fourth-order valence-electron chi connectivity index (χ4n) is 4.35. The van der Waals surface area contributed by atoms with Crippen molar-refractivity contribution in [3.8, 4) is 11.5 Å². The van der Waals surface area contributed by atoms with Crippen LogP contribution in [-0.4, -0.2) is 35.0 Å². The first-order valence-corrected chi connectivity index (χ1v) is 10.3. The molecule has 1 aliphatic carbocycles. The summed E-state index contributed by atoms with van der Waals surface area (Å²) in [7, 11) is 0. The number of hydrogen-bond donors (Lipinski definition) is 1. The number of ether oxygens (including phenoxy) is 2. The average Bonchev–Trinajstić information content (AvgIpc) is 3.21. The highest BCUT2D eigenvalue weighted by Gasteiger charge is 2.42. The fraction of sp³-hybridized carbons (Fsp3) is 0.348. The minimum atomic E-state index is -0.561. The Morgan fingerprint density at radius 1 is 0.933 bits per heavy atom. The minimum Gasteiger partial charge on any atom is -0.448 e. The van der Waals surface area contributed by atoms with E-state index in [1.165, 1.54) is 6.42 Å². The highest BCUT2D eigenvalue weighted by atomic mass is 16.7. The van der Waals surface area contributed by atoms with Gasteiger partial charge in [0.1, 0.15) is 0 Å². The van der Waals surface area contributed by atoms with Crippen molar-refractivity contribution in [1.82, 2.24) is 4.90 Å². The van der Waals surface area contributed by atoms with Crippen molar-refractivity contribution in [2.24, 2.45) is 0 Å². The molecule has 30 heavy (non-hydrogen) atoms. The van der Waals surface area contributed by atoms with Gasteiger partial charge in [-0.1, -0.05) is 18.6 Å². The summed E-state index contributed by atoms with van der Waals surface area (Å²) in [5.41, 5.74) is 1.36. The summed E-state index contributed by atoms with van der Waals surface area (Å²) >= 11 is 0. The lowest BCUT2D eigenvalue weighted by atomic mass is 9.94. The largest absolute Gasteiger partial charge is 0.448 e.